The zero-order valence-corrected chi connectivity index (χ0v) is 12.1. The van der Waals surface area contributed by atoms with E-state index in [0.29, 0.717) is 12.1 Å². The van der Waals surface area contributed by atoms with Crippen LogP contribution in [0.25, 0.3) is 11.0 Å². The van der Waals surface area contributed by atoms with Gasteiger partial charge in [-0.2, -0.15) is 0 Å². The van der Waals surface area contributed by atoms with Gasteiger partial charge in [0.25, 0.3) is 0 Å². The van der Waals surface area contributed by atoms with Crippen molar-refractivity contribution in [2.75, 3.05) is 0 Å². The Labute approximate surface area is 123 Å². The molecule has 0 atom stereocenters. The summed E-state index contributed by atoms with van der Waals surface area (Å²) in [5, 5.41) is 0.970. The molecule has 0 N–H and O–H groups in total. The fraction of sp³-hybridized carbons (Fsp3) is 0.0625. The number of para-hydroxylation sites is 2. The lowest BCUT2D eigenvalue weighted by molar-refractivity contribution is 0.584. The Hall–Kier alpha value is -2.40. The second-order valence-electron chi connectivity index (χ2n) is 4.67. The van der Waals surface area contributed by atoms with Crippen LogP contribution in [0.4, 0.5) is 0 Å². The summed E-state index contributed by atoms with van der Waals surface area (Å²) >= 11 is 0. The van der Waals surface area contributed by atoms with Crippen LogP contribution in [0.2, 0.25) is 0 Å². The average Bonchev–Trinajstić information content (AvgIpc) is 2.88. The second kappa shape index (κ2) is 5.18. The maximum atomic E-state index is 12.2. The largest absolute Gasteiger partial charge is 0.310 e. The molecule has 3 aromatic rings. The summed E-state index contributed by atoms with van der Waals surface area (Å²) in [6.07, 6.45) is 0. The molecule has 4 nitrogen and oxygen atoms in total. The van der Waals surface area contributed by atoms with Gasteiger partial charge in [-0.1, -0.05) is 49.0 Å². The first-order valence-electron chi connectivity index (χ1n) is 6.48. The first-order chi connectivity index (χ1) is 10.1. The number of sulfone groups is 1. The van der Waals surface area contributed by atoms with Gasteiger partial charge in [-0.3, -0.25) is 0 Å². The maximum absolute atomic E-state index is 12.2. The molecule has 1 aromatic heterocycles. The number of imidazole rings is 1. The van der Waals surface area contributed by atoms with Gasteiger partial charge in [0.15, 0.2) is 0 Å². The topological polar surface area (TPSA) is 52.0 Å². The quantitative estimate of drug-likeness (QED) is 0.744. The van der Waals surface area contributed by atoms with Crippen molar-refractivity contribution in [3.63, 3.8) is 0 Å². The summed E-state index contributed by atoms with van der Waals surface area (Å²) in [7, 11) is -3.60. The molecule has 5 heteroatoms. The molecule has 0 bridgehead atoms. The van der Waals surface area contributed by atoms with Crippen LogP contribution in [0.1, 0.15) is 5.56 Å². The standard InChI is InChI=1S/C16H14N2O2S/c1-2-21(19,20)16-17-14-10-6-7-11-15(14)18(16)12-13-8-4-3-5-9-13/h2-11H,1,12H2. The molecule has 0 saturated heterocycles. The normalized spacial score (nSPS) is 11.6. The molecule has 0 radical (unpaired) electrons. The molecular weight excluding hydrogens is 284 g/mol. The van der Waals surface area contributed by atoms with Gasteiger partial charge in [0.05, 0.1) is 17.6 Å². The zero-order valence-electron chi connectivity index (χ0n) is 11.3. The molecule has 0 aliphatic carbocycles. The first-order valence-corrected chi connectivity index (χ1v) is 8.03. The number of fused-ring (bicyclic) bond motifs is 1. The highest BCUT2D eigenvalue weighted by Gasteiger charge is 2.20. The van der Waals surface area contributed by atoms with Gasteiger partial charge >= 0.3 is 0 Å². The van der Waals surface area contributed by atoms with Gasteiger partial charge in [-0.15, -0.1) is 0 Å². The van der Waals surface area contributed by atoms with E-state index < -0.39 is 9.84 Å². The first kappa shape index (κ1) is 13.6. The lowest BCUT2D eigenvalue weighted by Gasteiger charge is -2.08. The van der Waals surface area contributed by atoms with E-state index in [-0.39, 0.29) is 5.16 Å². The van der Waals surface area contributed by atoms with E-state index in [2.05, 4.69) is 11.6 Å². The molecule has 3 rings (SSSR count). The fourth-order valence-corrected chi connectivity index (χ4v) is 3.11. The summed E-state index contributed by atoms with van der Waals surface area (Å²) in [5.74, 6) is 0. The van der Waals surface area contributed by atoms with Crippen LogP contribution in [0.3, 0.4) is 0 Å². The second-order valence-corrected chi connectivity index (χ2v) is 6.46. The monoisotopic (exact) mass is 298 g/mol. The smallest absolute Gasteiger partial charge is 0.233 e. The third kappa shape index (κ3) is 2.48. The Kier molecular flexibility index (Phi) is 3.35. The number of benzene rings is 2. The van der Waals surface area contributed by atoms with Gasteiger partial charge in [-0.05, 0) is 17.7 Å². The highest BCUT2D eigenvalue weighted by atomic mass is 32.2. The molecule has 1 heterocycles. The summed E-state index contributed by atoms with van der Waals surface area (Å²) in [5.41, 5.74) is 2.47. The molecule has 0 fully saturated rings. The fourth-order valence-electron chi connectivity index (χ4n) is 2.26. The summed E-state index contributed by atoms with van der Waals surface area (Å²) in [6, 6.07) is 17.1. The molecule has 0 aliphatic rings. The van der Waals surface area contributed by atoms with Crippen LogP contribution in [0, 0.1) is 0 Å². The minimum absolute atomic E-state index is 0.0301. The average molecular weight is 298 g/mol. The minimum atomic E-state index is -3.60. The van der Waals surface area contributed by atoms with Gasteiger partial charge in [0.1, 0.15) is 0 Å². The number of rotatable bonds is 4. The van der Waals surface area contributed by atoms with E-state index in [1.165, 1.54) is 0 Å². The van der Waals surface area contributed by atoms with Crippen molar-refractivity contribution in [2.24, 2.45) is 0 Å². The van der Waals surface area contributed by atoms with Crippen LogP contribution in [-0.2, 0) is 16.4 Å². The van der Waals surface area contributed by atoms with Crippen molar-refractivity contribution in [3.05, 3.63) is 72.1 Å². The van der Waals surface area contributed by atoms with E-state index in [1.54, 1.807) is 10.6 Å². The van der Waals surface area contributed by atoms with Crippen LogP contribution >= 0.6 is 0 Å². The van der Waals surface area contributed by atoms with Gasteiger partial charge in [-0.25, -0.2) is 13.4 Å². The van der Waals surface area contributed by atoms with Crippen LogP contribution in [0.15, 0.2) is 71.7 Å². The van der Waals surface area contributed by atoms with Crippen molar-refractivity contribution < 1.29 is 8.42 Å². The van der Waals surface area contributed by atoms with Crippen molar-refractivity contribution in [1.82, 2.24) is 9.55 Å². The van der Waals surface area contributed by atoms with Crippen LogP contribution in [0.5, 0.6) is 0 Å². The minimum Gasteiger partial charge on any atom is -0.310 e. The Morgan fingerprint density at radius 2 is 1.71 bits per heavy atom. The number of hydrogen-bond donors (Lipinski definition) is 0. The molecular formula is C16H14N2O2S. The highest BCUT2D eigenvalue weighted by molar-refractivity contribution is 7.94. The molecule has 0 amide bonds. The van der Waals surface area contributed by atoms with Crippen molar-refractivity contribution >= 4 is 20.9 Å². The van der Waals surface area contributed by atoms with Crippen molar-refractivity contribution in [2.45, 2.75) is 11.7 Å². The maximum Gasteiger partial charge on any atom is 0.233 e. The van der Waals surface area contributed by atoms with Crippen LogP contribution < -0.4 is 0 Å². The molecule has 0 saturated carbocycles. The molecule has 0 aliphatic heterocycles. The Balaban J connectivity index is 2.23. The van der Waals surface area contributed by atoms with E-state index in [1.807, 2.05) is 48.5 Å². The Morgan fingerprint density at radius 3 is 2.43 bits per heavy atom. The van der Waals surface area contributed by atoms with Crippen LogP contribution in [-0.4, -0.2) is 18.0 Å². The third-order valence-electron chi connectivity index (χ3n) is 3.28. The zero-order chi connectivity index (χ0) is 14.9. The number of nitrogens with zero attached hydrogens (tertiary/aromatic N) is 2. The Bertz CT molecular complexity index is 896. The molecule has 2 aromatic carbocycles. The van der Waals surface area contributed by atoms with E-state index in [4.69, 9.17) is 0 Å². The lowest BCUT2D eigenvalue weighted by atomic mass is 10.2. The highest BCUT2D eigenvalue weighted by Crippen LogP contribution is 2.22. The number of aromatic nitrogens is 2. The van der Waals surface area contributed by atoms with Crippen molar-refractivity contribution in [1.29, 1.82) is 0 Å². The summed E-state index contributed by atoms with van der Waals surface area (Å²) < 4.78 is 26.1. The predicted molar refractivity (Wildman–Crippen MR) is 82.7 cm³/mol. The van der Waals surface area contributed by atoms with Gasteiger partial charge < -0.3 is 4.57 Å². The molecule has 0 unspecified atom stereocenters. The summed E-state index contributed by atoms with van der Waals surface area (Å²) in [4.78, 5) is 4.26. The molecule has 0 spiro atoms. The Morgan fingerprint density at radius 1 is 1.05 bits per heavy atom. The van der Waals surface area contributed by atoms with E-state index in [9.17, 15) is 8.42 Å². The third-order valence-corrected chi connectivity index (χ3v) is 4.54. The number of hydrogen-bond acceptors (Lipinski definition) is 3. The predicted octanol–water partition coefficient (Wildman–Crippen LogP) is 3.00. The van der Waals surface area contributed by atoms with Crippen molar-refractivity contribution in [3.8, 4) is 0 Å². The van der Waals surface area contributed by atoms with E-state index in [0.717, 1.165) is 16.5 Å². The summed E-state index contributed by atoms with van der Waals surface area (Å²) in [6.45, 7) is 3.83. The molecule has 106 valence electrons. The van der Waals surface area contributed by atoms with Gasteiger partial charge in [0.2, 0.25) is 15.0 Å². The molecule has 21 heavy (non-hydrogen) atoms. The van der Waals surface area contributed by atoms with E-state index >= 15 is 0 Å². The lowest BCUT2D eigenvalue weighted by Crippen LogP contribution is -2.09. The SMILES string of the molecule is C=CS(=O)(=O)c1nc2ccccc2n1Cc1ccccc1. The van der Waals surface area contributed by atoms with Gasteiger partial charge in [0, 0.05) is 5.41 Å².